The van der Waals surface area contributed by atoms with Gasteiger partial charge in [-0.3, -0.25) is 4.79 Å². The molecule has 0 heterocycles. The van der Waals surface area contributed by atoms with Crippen LogP contribution in [0.25, 0.3) is 0 Å². The van der Waals surface area contributed by atoms with Crippen LogP contribution >= 0.6 is 0 Å². The lowest BCUT2D eigenvalue weighted by Gasteiger charge is -2.18. The van der Waals surface area contributed by atoms with E-state index in [4.69, 9.17) is 9.47 Å². The van der Waals surface area contributed by atoms with E-state index in [1.54, 1.807) is 14.0 Å². The zero-order valence-corrected chi connectivity index (χ0v) is 14.5. The van der Waals surface area contributed by atoms with Gasteiger partial charge < -0.3 is 14.8 Å². The van der Waals surface area contributed by atoms with Crippen molar-refractivity contribution < 1.29 is 19.1 Å². The Hall–Kier alpha value is -2.82. The molecule has 1 unspecified atom stereocenters. The van der Waals surface area contributed by atoms with E-state index in [0.29, 0.717) is 6.54 Å². The second-order valence-electron chi connectivity index (χ2n) is 5.59. The van der Waals surface area contributed by atoms with Crippen LogP contribution < -0.4 is 10.1 Å². The van der Waals surface area contributed by atoms with Crippen molar-refractivity contribution in [1.29, 1.82) is 0 Å². The zero-order valence-electron chi connectivity index (χ0n) is 14.5. The first-order valence-corrected chi connectivity index (χ1v) is 8.26. The van der Waals surface area contributed by atoms with Crippen LogP contribution in [0.1, 0.15) is 24.0 Å². The van der Waals surface area contributed by atoms with Crippen LogP contribution in [0.5, 0.6) is 5.75 Å². The second-order valence-corrected chi connectivity index (χ2v) is 5.59. The van der Waals surface area contributed by atoms with Gasteiger partial charge in [0.25, 0.3) is 0 Å². The van der Waals surface area contributed by atoms with E-state index in [1.807, 2.05) is 54.6 Å². The van der Waals surface area contributed by atoms with Crippen molar-refractivity contribution in [2.75, 3.05) is 20.3 Å². The highest BCUT2D eigenvalue weighted by atomic mass is 16.5. The number of hydrogen-bond acceptors (Lipinski definition) is 4. The van der Waals surface area contributed by atoms with E-state index in [9.17, 15) is 9.59 Å². The van der Waals surface area contributed by atoms with Gasteiger partial charge >= 0.3 is 11.9 Å². The van der Waals surface area contributed by atoms with Crippen molar-refractivity contribution in [3.63, 3.8) is 0 Å². The largest absolute Gasteiger partial charge is 0.497 e. The molecule has 0 fully saturated rings. The fourth-order valence-corrected chi connectivity index (χ4v) is 2.56. The zero-order chi connectivity index (χ0) is 18.1. The molecule has 0 spiro atoms. The number of carbonyl (C=O) groups excluding carboxylic acids is 2. The van der Waals surface area contributed by atoms with E-state index in [2.05, 4.69) is 5.32 Å². The molecule has 132 valence electrons. The van der Waals surface area contributed by atoms with E-state index < -0.39 is 11.9 Å². The number of carbonyl (C=O) groups is 2. The Bertz CT molecular complexity index is 683. The summed E-state index contributed by atoms with van der Waals surface area (Å²) in [5.41, 5.74) is 2.22. The van der Waals surface area contributed by atoms with E-state index in [0.717, 1.165) is 23.3 Å². The van der Waals surface area contributed by atoms with Crippen molar-refractivity contribution >= 4 is 11.9 Å². The molecule has 5 nitrogen and oxygen atoms in total. The maximum atomic E-state index is 11.8. The van der Waals surface area contributed by atoms with Gasteiger partial charge in [0.15, 0.2) is 0 Å². The standard InChI is InChI=1S/C20H23NO4/c1-3-25-20(23)19(22)21-14-17(16-7-5-4-6-8-16)13-15-9-11-18(24-2)12-10-15/h4-12,17H,3,13-14H2,1-2H3,(H,21,22). The molecule has 0 aliphatic carbocycles. The van der Waals surface area contributed by atoms with Crippen LogP contribution in [0.2, 0.25) is 0 Å². The predicted octanol–water partition coefficient (Wildman–Crippen LogP) is 2.70. The molecule has 1 N–H and O–H groups in total. The molecule has 0 aromatic heterocycles. The molecule has 1 atom stereocenters. The summed E-state index contributed by atoms with van der Waals surface area (Å²) in [4.78, 5) is 23.3. The first kappa shape index (κ1) is 18.5. The molecule has 25 heavy (non-hydrogen) atoms. The van der Waals surface area contributed by atoms with Gasteiger partial charge in [-0.05, 0) is 36.6 Å². The molecule has 5 heteroatoms. The fourth-order valence-electron chi connectivity index (χ4n) is 2.56. The van der Waals surface area contributed by atoms with Gasteiger partial charge in [0.05, 0.1) is 13.7 Å². The van der Waals surface area contributed by atoms with E-state index in [1.165, 1.54) is 0 Å². The lowest BCUT2D eigenvalue weighted by atomic mass is 9.92. The van der Waals surface area contributed by atoms with Gasteiger partial charge in [0.2, 0.25) is 0 Å². The number of nitrogens with one attached hydrogen (secondary N) is 1. The van der Waals surface area contributed by atoms with Gasteiger partial charge in [0.1, 0.15) is 5.75 Å². The summed E-state index contributed by atoms with van der Waals surface area (Å²) in [5.74, 6) is -0.708. The maximum absolute atomic E-state index is 11.8. The molecule has 0 radical (unpaired) electrons. The Labute approximate surface area is 148 Å². The summed E-state index contributed by atoms with van der Waals surface area (Å²) in [6.07, 6.45) is 0.733. The number of esters is 1. The molecular formula is C20H23NO4. The van der Waals surface area contributed by atoms with Gasteiger partial charge in [0, 0.05) is 12.5 Å². The summed E-state index contributed by atoms with van der Waals surface area (Å²) in [6, 6.07) is 17.7. The minimum atomic E-state index is -0.848. The van der Waals surface area contributed by atoms with E-state index >= 15 is 0 Å². The Morgan fingerprint density at radius 2 is 1.72 bits per heavy atom. The summed E-state index contributed by atoms with van der Waals surface area (Å²) < 4.78 is 9.90. The molecule has 0 aliphatic heterocycles. The normalized spacial score (nSPS) is 11.4. The highest BCUT2D eigenvalue weighted by Gasteiger charge is 2.18. The third kappa shape index (κ3) is 5.64. The Balaban J connectivity index is 2.08. The fraction of sp³-hybridized carbons (Fsp3) is 0.300. The van der Waals surface area contributed by atoms with Crippen LogP contribution in [-0.4, -0.2) is 32.1 Å². The SMILES string of the molecule is CCOC(=O)C(=O)NCC(Cc1ccc(OC)cc1)c1ccccc1. The molecule has 2 rings (SSSR count). The molecular weight excluding hydrogens is 318 g/mol. The van der Waals surface area contributed by atoms with Crippen molar-refractivity contribution in [3.05, 3.63) is 65.7 Å². The quantitative estimate of drug-likeness (QED) is 0.621. The Morgan fingerprint density at radius 1 is 1.04 bits per heavy atom. The van der Waals surface area contributed by atoms with E-state index in [-0.39, 0.29) is 12.5 Å². The molecule has 0 bridgehead atoms. The lowest BCUT2D eigenvalue weighted by molar-refractivity contribution is -0.154. The van der Waals surface area contributed by atoms with Crippen molar-refractivity contribution in [2.24, 2.45) is 0 Å². The van der Waals surface area contributed by atoms with Crippen LogP contribution in [0.3, 0.4) is 0 Å². The van der Waals surface area contributed by atoms with Crippen LogP contribution in [0, 0.1) is 0 Å². The first-order valence-electron chi connectivity index (χ1n) is 8.26. The molecule has 1 amide bonds. The molecule has 0 saturated heterocycles. The summed E-state index contributed by atoms with van der Waals surface area (Å²) in [6.45, 7) is 2.20. The monoisotopic (exact) mass is 341 g/mol. The predicted molar refractivity (Wildman–Crippen MR) is 95.5 cm³/mol. The minimum Gasteiger partial charge on any atom is -0.497 e. The summed E-state index contributed by atoms with van der Waals surface area (Å²) in [7, 11) is 1.63. The lowest BCUT2D eigenvalue weighted by Crippen LogP contribution is -2.35. The van der Waals surface area contributed by atoms with Crippen LogP contribution in [0.15, 0.2) is 54.6 Å². The summed E-state index contributed by atoms with van der Waals surface area (Å²) in [5, 5.41) is 2.67. The maximum Gasteiger partial charge on any atom is 0.396 e. The van der Waals surface area contributed by atoms with Gasteiger partial charge in [-0.15, -0.1) is 0 Å². The van der Waals surface area contributed by atoms with Crippen molar-refractivity contribution in [3.8, 4) is 5.75 Å². The molecule has 2 aromatic rings. The van der Waals surface area contributed by atoms with Crippen molar-refractivity contribution in [2.45, 2.75) is 19.3 Å². The second kappa shape index (κ2) is 9.47. The number of methoxy groups -OCH3 is 1. The third-order valence-corrected chi connectivity index (χ3v) is 3.88. The molecule has 2 aromatic carbocycles. The van der Waals surface area contributed by atoms with Gasteiger partial charge in [-0.1, -0.05) is 42.5 Å². The summed E-state index contributed by atoms with van der Waals surface area (Å²) >= 11 is 0. The highest BCUT2D eigenvalue weighted by Crippen LogP contribution is 2.22. The topological polar surface area (TPSA) is 64.6 Å². The van der Waals surface area contributed by atoms with Gasteiger partial charge in [-0.2, -0.15) is 0 Å². The first-order chi connectivity index (χ1) is 12.1. The number of ether oxygens (including phenoxy) is 2. The minimum absolute atomic E-state index is 0.0490. The highest BCUT2D eigenvalue weighted by molar-refractivity contribution is 6.32. The van der Waals surface area contributed by atoms with Crippen LogP contribution in [-0.2, 0) is 20.7 Å². The van der Waals surface area contributed by atoms with Gasteiger partial charge in [-0.25, -0.2) is 4.79 Å². The number of benzene rings is 2. The van der Waals surface area contributed by atoms with Crippen molar-refractivity contribution in [1.82, 2.24) is 5.32 Å². The number of amides is 1. The number of hydrogen-bond donors (Lipinski definition) is 1. The Kier molecular flexibility index (Phi) is 7.01. The van der Waals surface area contributed by atoms with Crippen LogP contribution in [0.4, 0.5) is 0 Å². The molecule has 0 aliphatic rings. The smallest absolute Gasteiger partial charge is 0.396 e. The third-order valence-electron chi connectivity index (χ3n) is 3.88. The average molecular weight is 341 g/mol. The Morgan fingerprint density at radius 3 is 2.32 bits per heavy atom. The average Bonchev–Trinajstić information content (AvgIpc) is 2.66. The number of rotatable bonds is 7. The molecule has 0 saturated carbocycles.